The van der Waals surface area contributed by atoms with Crippen molar-refractivity contribution in [3.05, 3.63) is 63.4 Å². The van der Waals surface area contributed by atoms with Crippen LogP contribution in [0.25, 0.3) is 0 Å². The van der Waals surface area contributed by atoms with E-state index in [0.29, 0.717) is 11.1 Å². The molecule has 1 unspecified atom stereocenters. The molecule has 2 aromatic rings. The second kappa shape index (κ2) is 11.8. The average Bonchev–Trinajstić information content (AvgIpc) is 2.78. The minimum Gasteiger partial charge on any atom is -0.354 e. The SMILES string of the molecule is COC(CNC(=O)NC(C)(Cc1ccc(C#N)cc1)C(=O)Nc1cc(Cl)c(F)c(Cl)c1)OC. The van der Waals surface area contributed by atoms with Crippen LogP contribution in [0.5, 0.6) is 0 Å². The summed E-state index contributed by atoms with van der Waals surface area (Å²) in [4.78, 5) is 25.8. The van der Waals surface area contributed by atoms with Gasteiger partial charge in [0.2, 0.25) is 5.91 Å². The molecule has 2 aromatic carbocycles. The average molecular weight is 497 g/mol. The number of nitrogens with zero attached hydrogens (tertiary/aromatic N) is 1. The van der Waals surface area contributed by atoms with Gasteiger partial charge in [-0.05, 0) is 36.8 Å². The van der Waals surface area contributed by atoms with Crippen molar-refractivity contribution in [2.24, 2.45) is 0 Å². The summed E-state index contributed by atoms with van der Waals surface area (Å²) in [5.41, 5.74) is -0.157. The zero-order chi connectivity index (χ0) is 24.6. The Morgan fingerprint density at radius 1 is 1.15 bits per heavy atom. The maximum Gasteiger partial charge on any atom is 0.315 e. The van der Waals surface area contributed by atoms with E-state index in [1.54, 1.807) is 24.3 Å². The van der Waals surface area contributed by atoms with Crippen molar-refractivity contribution in [1.29, 1.82) is 5.26 Å². The van der Waals surface area contributed by atoms with Crippen LogP contribution >= 0.6 is 23.2 Å². The minimum atomic E-state index is -1.46. The van der Waals surface area contributed by atoms with Crippen molar-refractivity contribution >= 4 is 40.8 Å². The second-order valence-corrected chi connectivity index (χ2v) is 8.08. The number of anilines is 1. The number of methoxy groups -OCH3 is 2. The number of hydrogen-bond acceptors (Lipinski definition) is 5. The van der Waals surface area contributed by atoms with Crippen molar-refractivity contribution in [3.8, 4) is 6.07 Å². The number of carbonyl (C=O) groups excluding carboxylic acids is 2. The van der Waals surface area contributed by atoms with E-state index < -0.39 is 29.6 Å². The molecule has 0 saturated heterocycles. The van der Waals surface area contributed by atoms with E-state index in [1.165, 1.54) is 33.3 Å². The Morgan fingerprint density at radius 2 is 1.73 bits per heavy atom. The molecule has 33 heavy (non-hydrogen) atoms. The van der Waals surface area contributed by atoms with Crippen LogP contribution in [0.3, 0.4) is 0 Å². The Kier molecular flexibility index (Phi) is 9.44. The fourth-order valence-corrected chi connectivity index (χ4v) is 3.40. The van der Waals surface area contributed by atoms with E-state index >= 15 is 0 Å². The number of amides is 3. The first-order valence-corrected chi connectivity index (χ1v) is 10.4. The Balaban J connectivity index is 2.27. The van der Waals surface area contributed by atoms with Crippen LogP contribution in [0, 0.1) is 17.1 Å². The molecular weight excluding hydrogens is 474 g/mol. The largest absolute Gasteiger partial charge is 0.354 e. The molecule has 0 heterocycles. The van der Waals surface area contributed by atoms with Crippen molar-refractivity contribution in [1.82, 2.24) is 10.6 Å². The molecule has 0 bridgehead atoms. The van der Waals surface area contributed by atoms with E-state index in [9.17, 15) is 14.0 Å². The maximum atomic E-state index is 13.7. The summed E-state index contributed by atoms with van der Waals surface area (Å²) in [7, 11) is 2.85. The molecule has 0 saturated carbocycles. The highest BCUT2D eigenvalue weighted by atomic mass is 35.5. The normalized spacial score (nSPS) is 12.5. The molecule has 0 aliphatic heterocycles. The number of halogens is 3. The van der Waals surface area contributed by atoms with E-state index in [2.05, 4.69) is 16.0 Å². The van der Waals surface area contributed by atoms with Gasteiger partial charge in [-0.1, -0.05) is 35.3 Å². The first-order valence-electron chi connectivity index (χ1n) is 9.68. The molecule has 1 atom stereocenters. The standard InChI is InChI=1S/C22H23Cl2FN4O4/c1-22(10-13-4-6-14(11-26)7-5-13,29-21(31)27-12-18(32-2)33-3)20(30)28-15-8-16(23)19(25)17(24)9-15/h4-9,18H,10,12H2,1-3H3,(H,28,30)(H2,27,29,31). The van der Waals surface area contributed by atoms with Gasteiger partial charge >= 0.3 is 6.03 Å². The summed E-state index contributed by atoms with van der Waals surface area (Å²) in [6, 6.07) is 10.4. The van der Waals surface area contributed by atoms with Gasteiger partial charge in [0, 0.05) is 26.3 Å². The Labute approximate surface area is 201 Å². The molecule has 11 heteroatoms. The first-order chi connectivity index (χ1) is 15.6. The van der Waals surface area contributed by atoms with E-state index in [0.717, 1.165) is 0 Å². The van der Waals surface area contributed by atoms with Crippen molar-refractivity contribution in [3.63, 3.8) is 0 Å². The van der Waals surface area contributed by atoms with Gasteiger partial charge in [-0.15, -0.1) is 0 Å². The molecular formula is C22H23Cl2FN4O4. The van der Waals surface area contributed by atoms with Crippen molar-refractivity contribution in [2.75, 3.05) is 26.1 Å². The van der Waals surface area contributed by atoms with Gasteiger partial charge in [-0.2, -0.15) is 5.26 Å². The highest BCUT2D eigenvalue weighted by Crippen LogP contribution is 2.28. The molecule has 176 valence electrons. The zero-order valence-electron chi connectivity index (χ0n) is 18.2. The molecule has 0 fully saturated rings. The highest BCUT2D eigenvalue weighted by Gasteiger charge is 2.35. The molecule has 0 aliphatic carbocycles. The lowest BCUT2D eigenvalue weighted by molar-refractivity contribution is -0.121. The van der Waals surface area contributed by atoms with Crippen molar-refractivity contribution < 1.29 is 23.5 Å². The maximum absolute atomic E-state index is 13.7. The topological polar surface area (TPSA) is 112 Å². The molecule has 2 rings (SSSR count). The highest BCUT2D eigenvalue weighted by molar-refractivity contribution is 6.35. The van der Waals surface area contributed by atoms with Gasteiger partial charge in [0.25, 0.3) is 0 Å². The number of benzene rings is 2. The summed E-state index contributed by atoms with van der Waals surface area (Å²) in [5.74, 6) is -1.41. The lowest BCUT2D eigenvalue weighted by Gasteiger charge is -2.30. The minimum absolute atomic E-state index is 0.0383. The predicted molar refractivity (Wildman–Crippen MR) is 123 cm³/mol. The van der Waals surface area contributed by atoms with Crippen LogP contribution in [0.2, 0.25) is 10.0 Å². The number of ether oxygens (including phenoxy) is 2. The number of hydrogen-bond donors (Lipinski definition) is 3. The van der Waals surface area contributed by atoms with Gasteiger partial charge < -0.3 is 25.4 Å². The summed E-state index contributed by atoms with van der Waals surface area (Å²) in [6.07, 6.45) is -0.587. The number of carbonyl (C=O) groups is 2. The van der Waals surface area contributed by atoms with Crippen LogP contribution < -0.4 is 16.0 Å². The number of nitrogens with one attached hydrogen (secondary N) is 3. The van der Waals surface area contributed by atoms with Crippen LogP contribution in [-0.2, 0) is 20.7 Å². The summed E-state index contributed by atoms with van der Waals surface area (Å²) in [6.45, 7) is 1.56. The fourth-order valence-electron chi connectivity index (χ4n) is 2.92. The van der Waals surface area contributed by atoms with Gasteiger partial charge in [0.1, 0.15) is 5.54 Å². The van der Waals surface area contributed by atoms with Crippen LogP contribution in [-0.4, -0.2) is 44.5 Å². The lowest BCUT2D eigenvalue weighted by atomic mass is 9.91. The van der Waals surface area contributed by atoms with Gasteiger partial charge in [0.05, 0.1) is 28.2 Å². The van der Waals surface area contributed by atoms with E-state index in [-0.39, 0.29) is 28.7 Å². The van der Waals surface area contributed by atoms with Gasteiger partial charge in [-0.25, -0.2) is 9.18 Å². The lowest BCUT2D eigenvalue weighted by Crippen LogP contribution is -2.59. The molecule has 8 nitrogen and oxygen atoms in total. The smallest absolute Gasteiger partial charge is 0.315 e. The van der Waals surface area contributed by atoms with Crippen LogP contribution in [0.1, 0.15) is 18.1 Å². The third kappa shape index (κ3) is 7.30. The molecule has 3 N–H and O–H groups in total. The molecule has 0 radical (unpaired) electrons. The summed E-state index contributed by atoms with van der Waals surface area (Å²) in [5, 5.41) is 16.3. The summed E-state index contributed by atoms with van der Waals surface area (Å²) < 4.78 is 23.8. The number of rotatable bonds is 9. The molecule has 0 aliphatic rings. The first kappa shape index (κ1) is 26.4. The Bertz CT molecular complexity index is 1020. The molecule has 0 aromatic heterocycles. The Hall–Kier alpha value is -2.90. The third-order valence-electron chi connectivity index (χ3n) is 4.73. The van der Waals surface area contributed by atoms with Crippen LogP contribution in [0.15, 0.2) is 36.4 Å². The van der Waals surface area contributed by atoms with Crippen molar-refractivity contribution in [2.45, 2.75) is 25.2 Å². The Morgan fingerprint density at radius 3 is 2.24 bits per heavy atom. The summed E-state index contributed by atoms with van der Waals surface area (Å²) >= 11 is 11.6. The van der Waals surface area contributed by atoms with Crippen LogP contribution in [0.4, 0.5) is 14.9 Å². The van der Waals surface area contributed by atoms with E-state index in [4.69, 9.17) is 37.9 Å². The van der Waals surface area contributed by atoms with E-state index in [1.807, 2.05) is 6.07 Å². The third-order valence-corrected chi connectivity index (χ3v) is 5.28. The fraction of sp³-hybridized carbons (Fsp3) is 0.318. The predicted octanol–water partition coefficient (Wildman–Crippen LogP) is 3.86. The second-order valence-electron chi connectivity index (χ2n) is 7.26. The number of nitriles is 1. The number of urea groups is 1. The quantitative estimate of drug-likeness (QED) is 0.360. The molecule has 0 spiro atoms. The van der Waals surface area contributed by atoms with Gasteiger partial charge in [0.15, 0.2) is 12.1 Å². The zero-order valence-corrected chi connectivity index (χ0v) is 19.7. The monoisotopic (exact) mass is 496 g/mol. The molecule has 3 amide bonds. The van der Waals surface area contributed by atoms with Gasteiger partial charge in [-0.3, -0.25) is 4.79 Å².